The van der Waals surface area contributed by atoms with Crippen molar-refractivity contribution in [2.45, 2.75) is 63.8 Å². The monoisotopic (exact) mass is 386 g/mol. The topological polar surface area (TPSA) is 99.3 Å². The standard InChI is InChI=1S/C21H30N4O3/c26-19(10-5-13-22-21(28)25-16-6-2-1-3-7-16)23-17-8-4-9-18(14-17)24-20(27)15-11-12-15/h4,8-9,14-16H,1-3,5-7,10-13H2,(H,23,26)(H,24,27)(H2,22,25,28). The normalized spacial score (nSPS) is 16.9. The van der Waals surface area contributed by atoms with Crippen molar-refractivity contribution in [3.8, 4) is 0 Å². The van der Waals surface area contributed by atoms with E-state index in [1.165, 1.54) is 19.3 Å². The highest BCUT2D eigenvalue weighted by Crippen LogP contribution is 2.30. The number of nitrogens with one attached hydrogen (secondary N) is 4. The summed E-state index contributed by atoms with van der Waals surface area (Å²) in [6.45, 7) is 0.462. The molecule has 4 amide bonds. The average Bonchev–Trinajstić information content (AvgIpc) is 3.52. The van der Waals surface area contributed by atoms with Gasteiger partial charge in [-0.3, -0.25) is 9.59 Å². The first-order valence-electron chi connectivity index (χ1n) is 10.4. The third kappa shape index (κ3) is 6.87. The molecule has 7 heteroatoms. The summed E-state index contributed by atoms with van der Waals surface area (Å²) < 4.78 is 0. The molecule has 3 rings (SSSR count). The largest absolute Gasteiger partial charge is 0.338 e. The van der Waals surface area contributed by atoms with Crippen LogP contribution in [0.25, 0.3) is 0 Å². The minimum Gasteiger partial charge on any atom is -0.338 e. The first-order valence-corrected chi connectivity index (χ1v) is 10.4. The van der Waals surface area contributed by atoms with E-state index in [-0.39, 0.29) is 29.8 Å². The maximum atomic E-state index is 12.1. The van der Waals surface area contributed by atoms with Crippen molar-refractivity contribution in [3.05, 3.63) is 24.3 Å². The van der Waals surface area contributed by atoms with Crippen molar-refractivity contribution in [1.29, 1.82) is 0 Å². The second-order valence-corrected chi connectivity index (χ2v) is 7.73. The number of amides is 4. The number of carbonyl (C=O) groups is 3. The molecular weight excluding hydrogens is 356 g/mol. The third-order valence-corrected chi connectivity index (χ3v) is 5.17. The number of hydrogen-bond acceptors (Lipinski definition) is 3. The van der Waals surface area contributed by atoms with Crippen LogP contribution in [0.15, 0.2) is 24.3 Å². The summed E-state index contributed by atoms with van der Waals surface area (Å²) >= 11 is 0. The van der Waals surface area contributed by atoms with Crippen LogP contribution < -0.4 is 21.3 Å². The van der Waals surface area contributed by atoms with Crippen molar-refractivity contribution in [3.63, 3.8) is 0 Å². The number of hydrogen-bond donors (Lipinski definition) is 4. The lowest BCUT2D eigenvalue weighted by Gasteiger charge is -2.22. The van der Waals surface area contributed by atoms with Crippen molar-refractivity contribution in [1.82, 2.24) is 10.6 Å². The number of rotatable bonds is 8. The van der Waals surface area contributed by atoms with Gasteiger partial charge in [-0.05, 0) is 50.3 Å². The van der Waals surface area contributed by atoms with Crippen LogP contribution in [0.3, 0.4) is 0 Å². The average molecular weight is 386 g/mol. The molecule has 0 aromatic heterocycles. The van der Waals surface area contributed by atoms with Crippen LogP contribution in [0.4, 0.5) is 16.2 Å². The van der Waals surface area contributed by atoms with Gasteiger partial charge in [0.25, 0.3) is 0 Å². The van der Waals surface area contributed by atoms with Gasteiger partial charge in [0.2, 0.25) is 11.8 Å². The van der Waals surface area contributed by atoms with E-state index < -0.39 is 0 Å². The molecule has 4 N–H and O–H groups in total. The highest BCUT2D eigenvalue weighted by Gasteiger charge is 2.29. The molecule has 0 saturated heterocycles. The van der Waals surface area contributed by atoms with Gasteiger partial charge in [-0.2, -0.15) is 0 Å². The van der Waals surface area contributed by atoms with Crippen LogP contribution >= 0.6 is 0 Å². The quantitative estimate of drug-likeness (QED) is 0.515. The number of urea groups is 1. The minimum absolute atomic E-state index is 0.0426. The SMILES string of the molecule is O=C(CCCNC(=O)NC1CCCCC1)Nc1cccc(NC(=O)C2CC2)c1. The zero-order valence-corrected chi connectivity index (χ0v) is 16.3. The molecule has 1 aromatic rings. The molecule has 0 unspecified atom stereocenters. The molecule has 0 bridgehead atoms. The Morgan fingerprint density at radius 2 is 1.64 bits per heavy atom. The van der Waals surface area contributed by atoms with Crippen LogP contribution in [0.1, 0.15) is 57.8 Å². The lowest BCUT2D eigenvalue weighted by molar-refractivity contribution is -0.117. The lowest BCUT2D eigenvalue weighted by atomic mass is 9.96. The summed E-state index contributed by atoms with van der Waals surface area (Å²) in [5.74, 6) is 0.0715. The third-order valence-electron chi connectivity index (χ3n) is 5.17. The second-order valence-electron chi connectivity index (χ2n) is 7.73. The molecule has 1 aromatic carbocycles. The van der Waals surface area contributed by atoms with E-state index in [2.05, 4.69) is 21.3 Å². The predicted octanol–water partition coefficient (Wildman–Crippen LogP) is 3.39. The Hall–Kier alpha value is -2.57. The Kier molecular flexibility index (Phi) is 7.28. The molecule has 0 aliphatic heterocycles. The first kappa shape index (κ1) is 20.2. The molecular formula is C21H30N4O3. The Bertz CT molecular complexity index is 697. The summed E-state index contributed by atoms with van der Waals surface area (Å²) in [7, 11) is 0. The van der Waals surface area contributed by atoms with Crippen LogP contribution in [0.2, 0.25) is 0 Å². The molecule has 0 atom stereocenters. The molecule has 0 spiro atoms. The summed E-state index contributed by atoms with van der Waals surface area (Å²) in [5.41, 5.74) is 1.34. The van der Waals surface area contributed by atoms with Gasteiger partial charge < -0.3 is 21.3 Å². The Labute approximate surface area is 166 Å². The van der Waals surface area contributed by atoms with E-state index in [4.69, 9.17) is 0 Å². The van der Waals surface area contributed by atoms with Crippen molar-refractivity contribution >= 4 is 29.2 Å². The van der Waals surface area contributed by atoms with E-state index in [0.717, 1.165) is 25.7 Å². The summed E-state index contributed by atoms with van der Waals surface area (Å²) in [6, 6.07) is 7.30. The lowest BCUT2D eigenvalue weighted by Crippen LogP contribution is -2.43. The molecule has 0 heterocycles. The Morgan fingerprint density at radius 3 is 2.36 bits per heavy atom. The van der Waals surface area contributed by atoms with E-state index in [0.29, 0.717) is 30.8 Å². The minimum atomic E-state index is -0.147. The summed E-state index contributed by atoms with van der Waals surface area (Å²) in [6.07, 6.45) is 8.51. The van der Waals surface area contributed by atoms with E-state index in [1.807, 2.05) is 6.07 Å². The van der Waals surface area contributed by atoms with Gasteiger partial charge in [-0.15, -0.1) is 0 Å². The summed E-state index contributed by atoms with van der Waals surface area (Å²) in [5, 5.41) is 11.5. The smallest absolute Gasteiger partial charge is 0.315 e. The van der Waals surface area contributed by atoms with Gasteiger partial charge in [0.05, 0.1) is 0 Å². The van der Waals surface area contributed by atoms with Crippen molar-refractivity contribution < 1.29 is 14.4 Å². The molecule has 2 aliphatic rings. The van der Waals surface area contributed by atoms with Crippen LogP contribution in [0.5, 0.6) is 0 Å². The van der Waals surface area contributed by atoms with Crippen LogP contribution in [-0.4, -0.2) is 30.4 Å². The van der Waals surface area contributed by atoms with Crippen LogP contribution in [-0.2, 0) is 9.59 Å². The molecule has 28 heavy (non-hydrogen) atoms. The fraction of sp³-hybridized carbons (Fsp3) is 0.571. The highest BCUT2D eigenvalue weighted by atomic mass is 16.2. The van der Waals surface area contributed by atoms with Crippen molar-refractivity contribution in [2.24, 2.45) is 5.92 Å². The zero-order chi connectivity index (χ0) is 19.8. The number of anilines is 2. The molecule has 2 fully saturated rings. The van der Waals surface area contributed by atoms with E-state index in [1.54, 1.807) is 18.2 Å². The highest BCUT2D eigenvalue weighted by molar-refractivity contribution is 5.95. The first-order chi connectivity index (χ1) is 13.6. The molecule has 152 valence electrons. The van der Waals surface area contributed by atoms with Crippen LogP contribution in [0, 0.1) is 5.92 Å². The maximum Gasteiger partial charge on any atom is 0.315 e. The van der Waals surface area contributed by atoms with E-state index in [9.17, 15) is 14.4 Å². The number of carbonyl (C=O) groups excluding carboxylic acids is 3. The fourth-order valence-corrected chi connectivity index (χ4v) is 3.42. The Morgan fingerprint density at radius 1 is 0.929 bits per heavy atom. The van der Waals surface area contributed by atoms with Gasteiger partial charge in [0.15, 0.2) is 0 Å². The van der Waals surface area contributed by atoms with E-state index >= 15 is 0 Å². The van der Waals surface area contributed by atoms with Gasteiger partial charge >= 0.3 is 6.03 Å². The zero-order valence-electron chi connectivity index (χ0n) is 16.3. The molecule has 0 radical (unpaired) electrons. The molecule has 7 nitrogen and oxygen atoms in total. The Balaban J connectivity index is 1.31. The predicted molar refractivity (Wildman–Crippen MR) is 109 cm³/mol. The van der Waals surface area contributed by atoms with Gasteiger partial charge in [0.1, 0.15) is 0 Å². The van der Waals surface area contributed by atoms with Gasteiger partial charge in [-0.1, -0.05) is 25.3 Å². The fourth-order valence-electron chi connectivity index (χ4n) is 3.42. The second kappa shape index (κ2) is 10.1. The van der Waals surface area contributed by atoms with Crippen molar-refractivity contribution in [2.75, 3.05) is 17.2 Å². The summed E-state index contributed by atoms with van der Waals surface area (Å²) in [4.78, 5) is 35.8. The molecule has 2 saturated carbocycles. The van der Waals surface area contributed by atoms with Gasteiger partial charge in [0, 0.05) is 36.3 Å². The maximum absolute atomic E-state index is 12.1. The van der Waals surface area contributed by atoms with Gasteiger partial charge in [-0.25, -0.2) is 4.79 Å². The molecule has 2 aliphatic carbocycles. The number of benzene rings is 1.